The molecule has 7 heteroatoms. The second-order valence-electron chi connectivity index (χ2n) is 5.96. The number of ketones is 1. The second-order valence-corrected chi connectivity index (χ2v) is 6.96. The first-order chi connectivity index (χ1) is 13.5. The molecule has 0 fully saturated rings. The van der Waals surface area contributed by atoms with Crippen molar-refractivity contribution in [2.24, 2.45) is 4.99 Å². The number of thiazole rings is 1. The van der Waals surface area contributed by atoms with E-state index in [9.17, 15) is 9.90 Å². The largest absolute Gasteiger partial charge is 0.504 e. The molecule has 0 radical (unpaired) electrons. The predicted molar refractivity (Wildman–Crippen MR) is 110 cm³/mol. The number of nitrogens with zero attached hydrogens (tertiary/aromatic N) is 2. The summed E-state index contributed by atoms with van der Waals surface area (Å²) in [5.41, 5.74) is 2.21. The van der Waals surface area contributed by atoms with Gasteiger partial charge in [0.05, 0.1) is 30.4 Å². The number of hydrogen-bond donors (Lipinski definition) is 1. The van der Waals surface area contributed by atoms with Crippen molar-refractivity contribution in [1.82, 2.24) is 4.98 Å². The molecule has 0 saturated heterocycles. The highest BCUT2D eigenvalue weighted by molar-refractivity contribution is 7.17. The molecule has 0 unspecified atom stereocenters. The number of aryl methyl sites for hydroxylation is 1. The maximum atomic E-state index is 12.6. The number of aliphatic imine (C=N–C) groups is 1. The highest BCUT2D eigenvalue weighted by Crippen LogP contribution is 2.34. The Labute approximate surface area is 167 Å². The van der Waals surface area contributed by atoms with Crippen molar-refractivity contribution in [2.75, 3.05) is 20.8 Å². The lowest BCUT2D eigenvalue weighted by Gasteiger charge is -2.04. The van der Waals surface area contributed by atoms with Crippen molar-refractivity contribution in [1.29, 1.82) is 0 Å². The van der Waals surface area contributed by atoms with Crippen molar-refractivity contribution >= 4 is 23.3 Å². The number of rotatable bonds is 7. The average molecular weight is 396 g/mol. The van der Waals surface area contributed by atoms with Crippen LogP contribution < -0.4 is 9.47 Å². The summed E-state index contributed by atoms with van der Waals surface area (Å²) in [5.74, 6) is 1.02. The zero-order valence-electron chi connectivity index (χ0n) is 15.8. The van der Waals surface area contributed by atoms with E-state index in [1.807, 2.05) is 31.2 Å². The molecule has 1 N–H and O–H groups in total. The number of hydrogen-bond acceptors (Lipinski definition) is 7. The average Bonchev–Trinajstić information content (AvgIpc) is 3.09. The van der Waals surface area contributed by atoms with Gasteiger partial charge < -0.3 is 14.6 Å². The zero-order valence-corrected chi connectivity index (χ0v) is 16.6. The monoisotopic (exact) mass is 396 g/mol. The fourth-order valence-electron chi connectivity index (χ4n) is 2.68. The second kappa shape index (κ2) is 8.67. The number of phenols is 1. The Morgan fingerprint density at radius 3 is 2.64 bits per heavy atom. The quantitative estimate of drug-likeness (QED) is 0.479. The molecule has 0 aliphatic carbocycles. The minimum Gasteiger partial charge on any atom is -0.504 e. The highest BCUT2D eigenvalue weighted by atomic mass is 32.1. The summed E-state index contributed by atoms with van der Waals surface area (Å²) in [6, 6.07) is 12.5. The number of aromatic nitrogens is 1. The lowest BCUT2D eigenvalue weighted by molar-refractivity contribution is 0.100. The van der Waals surface area contributed by atoms with Crippen molar-refractivity contribution in [3.8, 4) is 27.8 Å². The standard InChI is InChI=1S/C21H20N2O4S/c1-13-20(28-21(23-13)15-6-4-5-7-18(15)26-2)17(25)12-22-11-14-8-9-19(27-3)16(24)10-14/h4-11,24H,12H2,1-3H3. The number of aromatic hydroxyl groups is 1. The van der Waals surface area contributed by atoms with E-state index in [2.05, 4.69) is 9.98 Å². The summed E-state index contributed by atoms with van der Waals surface area (Å²) in [5, 5.41) is 10.5. The molecule has 1 aromatic heterocycles. The van der Waals surface area contributed by atoms with Crippen LogP contribution in [-0.2, 0) is 0 Å². The molecular weight excluding hydrogens is 376 g/mol. The molecule has 3 aromatic rings. The van der Waals surface area contributed by atoms with Crippen molar-refractivity contribution in [2.45, 2.75) is 6.92 Å². The summed E-state index contributed by atoms with van der Waals surface area (Å²) in [7, 11) is 3.09. The molecule has 1 heterocycles. The number of para-hydroxylation sites is 1. The smallest absolute Gasteiger partial charge is 0.196 e. The Morgan fingerprint density at radius 1 is 1.18 bits per heavy atom. The van der Waals surface area contributed by atoms with E-state index in [0.29, 0.717) is 27.6 Å². The van der Waals surface area contributed by atoms with Gasteiger partial charge in [-0.3, -0.25) is 9.79 Å². The molecule has 0 spiro atoms. The number of benzene rings is 2. The van der Waals surface area contributed by atoms with Crippen LogP contribution in [0.3, 0.4) is 0 Å². The van der Waals surface area contributed by atoms with Crippen LogP contribution in [0.5, 0.6) is 17.2 Å². The SMILES string of the molecule is COc1ccc(C=NCC(=O)c2sc(-c3ccccc3OC)nc2C)cc1O. The summed E-state index contributed by atoms with van der Waals surface area (Å²) in [4.78, 5) is 21.9. The van der Waals surface area contributed by atoms with Crippen molar-refractivity contribution in [3.63, 3.8) is 0 Å². The van der Waals surface area contributed by atoms with E-state index >= 15 is 0 Å². The molecule has 0 bridgehead atoms. The lowest BCUT2D eigenvalue weighted by Crippen LogP contribution is -2.03. The van der Waals surface area contributed by atoms with Gasteiger partial charge in [0.15, 0.2) is 17.3 Å². The van der Waals surface area contributed by atoms with Gasteiger partial charge in [0.25, 0.3) is 0 Å². The van der Waals surface area contributed by atoms with Crippen LogP contribution in [0.25, 0.3) is 10.6 Å². The minimum atomic E-state index is -0.106. The van der Waals surface area contributed by atoms with E-state index in [1.165, 1.54) is 24.5 Å². The number of methoxy groups -OCH3 is 2. The van der Waals surface area contributed by atoms with Crippen LogP contribution in [0, 0.1) is 6.92 Å². The first-order valence-electron chi connectivity index (χ1n) is 8.54. The predicted octanol–water partition coefficient (Wildman–Crippen LogP) is 4.14. The molecule has 0 aliphatic heterocycles. The third-order valence-corrected chi connectivity index (χ3v) is 5.30. The Kier molecular flexibility index (Phi) is 6.06. The van der Waals surface area contributed by atoms with Crippen LogP contribution in [0.1, 0.15) is 20.9 Å². The molecule has 28 heavy (non-hydrogen) atoms. The van der Waals surface area contributed by atoms with Gasteiger partial charge in [0, 0.05) is 6.21 Å². The van der Waals surface area contributed by atoms with Crippen LogP contribution in [0.2, 0.25) is 0 Å². The van der Waals surface area contributed by atoms with Gasteiger partial charge in [0.2, 0.25) is 0 Å². The molecule has 2 aromatic carbocycles. The summed E-state index contributed by atoms with van der Waals surface area (Å²) in [6.45, 7) is 1.81. The van der Waals surface area contributed by atoms with Gasteiger partial charge in [-0.15, -0.1) is 11.3 Å². The molecule has 144 valence electrons. The van der Waals surface area contributed by atoms with E-state index in [0.717, 1.165) is 10.6 Å². The Bertz CT molecular complexity index is 1030. The summed E-state index contributed by atoms with van der Waals surface area (Å²) >= 11 is 1.33. The van der Waals surface area contributed by atoms with Gasteiger partial charge >= 0.3 is 0 Å². The molecular formula is C21H20N2O4S. The summed E-state index contributed by atoms with van der Waals surface area (Å²) in [6.07, 6.45) is 1.55. The zero-order chi connectivity index (χ0) is 20.1. The van der Waals surface area contributed by atoms with Crippen LogP contribution in [0.15, 0.2) is 47.5 Å². The Hall–Kier alpha value is -3.19. The fraction of sp³-hybridized carbons (Fsp3) is 0.190. The number of ether oxygens (including phenoxy) is 2. The lowest BCUT2D eigenvalue weighted by atomic mass is 10.2. The Morgan fingerprint density at radius 2 is 1.93 bits per heavy atom. The molecule has 0 amide bonds. The maximum absolute atomic E-state index is 12.6. The number of carbonyl (C=O) groups is 1. The molecule has 3 rings (SSSR count). The first-order valence-corrected chi connectivity index (χ1v) is 9.36. The van der Waals surface area contributed by atoms with Crippen molar-refractivity contribution < 1.29 is 19.4 Å². The van der Waals surface area contributed by atoms with Crippen LogP contribution in [-0.4, -0.2) is 42.9 Å². The Balaban J connectivity index is 1.75. The first kappa shape index (κ1) is 19.6. The van der Waals surface area contributed by atoms with Gasteiger partial charge in [-0.05, 0) is 42.8 Å². The maximum Gasteiger partial charge on any atom is 0.196 e. The van der Waals surface area contributed by atoms with Gasteiger partial charge in [0.1, 0.15) is 17.3 Å². The number of phenolic OH excluding ortho intramolecular Hbond substituents is 1. The number of Topliss-reactive ketones (excluding diaryl/α,β-unsaturated/α-hetero) is 1. The third kappa shape index (κ3) is 4.20. The topological polar surface area (TPSA) is 81.0 Å². The minimum absolute atomic E-state index is 0.00118. The van der Waals surface area contributed by atoms with Gasteiger partial charge in [-0.25, -0.2) is 4.98 Å². The molecule has 0 aliphatic rings. The molecule has 0 atom stereocenters. The van der Waals surface area contributed by atoms with Crippen LogP contribution >= 0.6 is 11.3 Å². The number of carbonyl (C=O) groups excluding carboxylic acids is 1. The normalized spacial score (nSPS) is 11.0. The fourth-order valence-corrected chi connectivity index (χ4v) is 3.71. The van der Waals surface area contributed by atoms with Gasteiger partial charge in [-0.1, -0.05) is 12.1 Å². The van der Waals surface area contributed by atoms with Crippen molar-refractivity contribution in [3.05, 3.63) is 58.6 Å². The van der Waals surface area contributed by atoms with Gasteiger partial charge in [-0.2, -0.15) is 0 Å². The highest BCUT2D eigenvalue weighted by Gasteiger charge is 2.17. The third-order valence-electron chi connectivity index (χ3n) is 4.07. The molecule has 6 nitrogen and oxygen atoms in total. The van der Waals surface area contributed by atoms with E-state index in [4.69, 9.17) is 9.47 Å². The summed E-state index contributed by atoms with van der Waals surface area (Å²) < 4.78 is 10.4. The van der Waals surface area contributed by atoms with E-state index in [1.54, 1.807) is 25.5 Å². The molecule has 0 saturated carbocycles. The van der Waals surface area contributed by atoms with Crippen LogP contribution in [0.4, 0.5) is 0 Å². The van der Waals surface area contributed by atoms with E-state index in [-0.39, 0.29) is 18.1 Å². The van der Waals surface area contributed by atoms with E-state index < -0.39 is 0 Å².